The Balaban J connectivity index is 0.980. The molecule has 3 unspecified atom stereocenters. The minimum absolute atomic E-state index is 0.627. The number of hydrogen-bond donors (Lipinski definition) is 0. The van der Waals surface area contributed by atoms with Gasteiger partial charge in [0.25, 0.3) is 0 Å². The van der Waals surface area contributed by atoms with Gasteiger partial charge in [0.05, 0.1) is 0 Å². The molecule has 2 aliphatic rings. The smallest absolute Gasteiger partial charge is 0.164 e. The maximum absolute atomic E-state index is 5.08. The van der Waals surface area contributed by atoms with E-state index in [2.05, 4.69) is 84.9 Å². The standard InChI is InChI=1S/C49H38N6/c1-4-11-35(12-5-1)44-50-45(36-13-6-2-7-14-36)52-47(51-44)38-25-21-33(22-26-38)40-17-10-18-42(31-40)49-54-46(37-15-8-3-9-16-37)53-48(55-49)39-27-23-34(24-28-39)43-30-32-19-20-41(43)29-32/h1-18,21-28,31-32,41,43H,19-20,29-30H2. The van der Waals surface area contributed by atoms with Crippen LogP contribution in [-0.2, 0) is 0 Å². The number of fused-ring (bicyclic) bond motifs is 2. The Bertz CT molecular complexity index is 2530. The Morgan fingerprint density at radius 3 is 1.13 bits per heavy atom. The quantitative estimate of drug-likeness (QED) is 0.156. The second-order valence-corrected chi connectivity index (χ2v) is 14.8. The second-order valence-electron chi connectivity index (χ2n) is 14.8. The lowest BCUT2D eigenvalue weighted by Crippen LogP contribution is -2.08. The Morgan fingerprint density at radius 1 is 0.309 bits per heavy atom. The topological polar surface area (TPSA) is 77.3 Å². The van der Waals surface area contributed by atoms with Crippen LogP contribution in [0.3, 0.4) is 0 Å². The van der Waals surface area contributed by atoms with Crippen molar-refractivity contribution in [2.75, 3.05) is 0 Å². The molecule has 6 nitrogen and oxygen atoms in total. The van der Waals surface area contributed by atoms with Crippen molar-refractivity contribution >= 4 is 0 Å². The van der Waals surface area contributed by atoms with Crippen molar-refractivity contribution in [2.45, 2.75) is 31.6 Å². The van der Waals surface area contributed by atoms with Gasteiger partial charge in [-0.3, -0.25) is 0 Å². The highest BCUT2D eigenvalue weighted by Crippen LogP contribution is 2.53. The van der Waals surface area contributed by atoms with Gasteiger partial charge >= 0.3 is 0 Å². The van der Waals surface area contributed by atoms with E-state index < -0.39 is 0 Å². The molecule has 0 saturated heterocycles. The van der Waals surface area contributed by atoms with Crippen LogP contribution in [0.25, 0.3) is 79.5 Å². The fraction of sp³-hybridized carbons (Fsp3) is 0.143. The summed E-state index contributed by atoms with van der Waals surface area (Å²) < 4.78 is 0. The second kappa shape index (κ2) is 14.3. The molecule has 8 aromatic rings. The van der Waals surface area contributed by atoms with Crippen LogP contribution in [0.15, 0.2) is 164 Å². The highest BCUT2D eigenvalue weighted by molar-refractivity contribution is 5.75. The molecule has 6 heteroatoms. The molecule has 0 radical (unpaired) electrons. The van der Waals surface area contributed by atoms with Crippen molar-refractivity contribution in [3.8, 4) is 79.5 Å². The van der Waals surface area contributed by atoms with Gasteiger partial charge in [-0.15, -0.1) is 0 Å². The molecule has 3 atom stereocenters. The van der Waals surface area contributed by atoms with Crippen LogP contribution in [-0.4, -0.2) is 29.9 Å². The third-order valence-corrected chi connectivity index (χ3v) is 11.3. The Hall–Kier alpha value is -6.66. The molecule has 55 heavy (non-hydrogen) atoms. The molecule has 0 aliphatic heterocycles. The maximum atomic E-state index is 5.08. The van der Waals surface area contributed by atoms with Gasteiger partial charge in [0.15, 0.2) is 34.9 Å². The molecule has 2 aliphatic carbocycles. The van der Waals surface area contributed by atoms with Crippen LogP contribution in [0.5, 0.6) is 0 Å². The normalized spacial score (nSPS) is 17.3. The van der Waals surface area contributed by atoms with E-state index in [0.717, 1.165) is 56.3 Å². The molecule has 10 rings (SSSR count). The molecular weight excluding hydrogens is 673 g/mol. The van der Waals surface area contributed by atoms with E-state index in [4.69, 9.17) is 29.9 Å². The first-order valence-electron chi connectivity index (χ1n) is 19.2. The zero-order valence-corrected chi connectivity index (χ0v) is 30.3. The summed E-state index contributed by atoms with van der Waals surface area (Å²) in [5.41, 5.74) is 9.29. The monoisotopic (exact) mass is 710 g/mol. The van der Waals surface area contributed by atoms with Crippen molar-refractivity contribution < 1.29 is 0 Å². The summed E-state index contributed by atoms with van der Waals surface area (Å²) in [5.74, 6) is 6.35. The van der Waals surface area contributed by atoms with Crippen molar-refractivity contribution in [1.29, 1.82) is 0 Å². The highest BCUT2D eigenvalue weighted by Gasteiger charge is 2.40. The molecule has 0 amide bonds. The van der Waals surface area contributed by atoms with Gasteiger partial charge in [0.2, 0.25) is 0 Å². The average molecular weight is 711 g/mol. The summed E-state index contributed by atoms with van der Waals surface area (Å²) in [4.78, 5) is 29.8. The van der Waals surface area contributed by atoms with Gasteiger partial charge in [-0.2, -0.15) is 0 Å². The third kappa shape index (κ3) is 6.72. The molecule has 264 valence electrons. The largest absolute Gasteiger partial charge is 0.208 e. The zero-order chi connectivity index (χ0) is 36.6. The molecule has 0 N–H and O–H groups in total. The van der Waals surface area contributed by atoms with E-state index in [1.54, 1.807) is 0 Å². The third-order valence-electron chi connectivity index (χ3n) is 11.3. The van der Waals surface area contributed by atoms with E-state index in [1.165, 1.54) is 31.2 Å². The molecule has 6 aromatic carbocycles. The minimum Gasteiger partial charge on any atom is -0.208 e. The van der Waals surface area contributed by atoms with Gasteiger partial charge in [-0.25, -0.2) is 29.9 Å². The summed E-state index contributed by atoms with van der Waals surface area (Å²) in [6.07, 6.45) is 5.52. The van der Waals surface area contributed by atoms with Crippen LogP contribution in [0.2, 0.25) is 0 Å². The highest BCUT2D eigenvalue weighted by atomic mass is 15.0. The summed E-state index contributed by atoms with van der Waals surface area (Å²) >= 11 is 0. The van der Waals surface area contributed by atoms with E-state index in [0.29, 0.717) is 40.9 Å². The lowest BCUT2D eigenvalue weighted by molar-refractivity contribution is 0.420. The lowest BCUT2D eigenvalue weighted by Gasteiger charge is -2.22. The van der Waals surface area contributed by atoms with Crippen LogP contribution in [0.1, 0.15) is 37.2 Å². The number of hydrogen-bond acceptors (Lipinski definition) is 6. The Labute approximate surface area is 321 Å². The Morgan fingerprint density at radius 2 is 0.691 bits per heavy atom. The maximum Gasteiger partial charge on any atom is 0.164 e. The molecule has 2 fully saturated rings. The van der Waals surface area contributed by atoms with E-state index in [1.807, 2.05) is 78.9 Å². The predicted molar refractivity (Wildman–Crippen MR) is 219 cm³/mol. The first-order chi connectivity index (χ1) is 27.2. The van der Waals surface area contributed by atoms with Crippen LogP contribution < -0.4 is 0 Å². The molecule has 2 bridgehead atoms. The minimum atomic E-state index is 0.627. The summed E-state index contributed by atoms with van der Waals surface area (Å²) in [7, 11) is 0. The fourth-order valence-corrected chi connectivity index (χ4v) is 8.47. The summed E-state index contributed by atoms with van der Waals surface area (Å²) in [5, 5.41) is 0. The van der Waals surface area contributed by atoms with E-state index >= 15 is 0 Å². The molecule has 2 aromatic heterocycles. The Kier molecular flexibility index (Phi) is 8.56. The number of rotatable bonds is 8. The number of aromatic nitrogens is 6. The van der Waals surface area contributed by atoms with E-state index in [9.17, 15) is 0 Å². The van der Waals surface area contributed by atoms with Crippen LogP contribution >= 0.6 is 0 Å². The molecular formula is C49H38N6. The van der Waals surface area contributed by atoms with Gasteiger partial charge in [-0.1, -0.05) is 164 Å². The molecule has 2 heterocycles. The van der Waals surface area contributed by atoms with Crippen LogP contribution in [0, 0.1) is 11.8 Å². The first-order valence-corrected chi connectivity index (χ1v) is 19.2. The van der Waals surface area contributed by atoms with Gasteiger partial charge in [-0.05, 0) is 59.8 Å². The first kappa shape index (κ1) is 32.9. The SMILES string of the molecule is c1ccc(-c2nc(-c3ccccc3)nc(-c3ccc(-c4cccc(-c5nc(-c6ccccc6)nc(-c6ccc(C7CC8CCC7C8)cc6)n5)c4)cc3)n2)cc1. The van der Waals surface area contributed by atoms with Crippen molar-refractivity contribution in [3.05, 3.63) is 169 Å². The summed E-state index contributed by atoms with van der Waals surface area (Å²) in [6.45, 7) is 0. The van der Waals surface area contributed by atoms with Crippen molar-refractivity contribution in [2.24, 2.45) is 11.8 Å². The van der Waals surface area contributed by atoms with E-state index in [-0.39, 0.29) is 0 Å². The van der Waals surface area contributed by atoms with Crippen LogP contribution in [0.4, 0.5) is 0 Å². The van der Waals surface area contributed by atoms with Crippen molar-refractivity contribution in [1.82, 2.24) is 29.9 Å². The fourth-order valence-electron chi connectivity index (χ4n) is 8.47. The number of benzene rings is 6. The zero-order valence-electron chi connectivity index (χ0n) is 30.3. The van der Waals surface area contributed by atoms with Crippen molar-refractivity contribution in [3.63, 3.8) is 0 Å². The molecule has 2 saturated carbocycles. The van der Waals surface area contributed by atoms with Gasteiger partial charge in [0.1, 0.15) is 0 Å². The molecule has 0 spiro atoms. The lowest BCUT2D eigenvalue weighted by atomic mass is 9.83. The number of nitrogens with zero attached hydrogens (tertiary/aromatic N) is 6. The van der Waals surface area contributed by atoms with Gasteiger partial charge < -0.3 is 0 Å². The summed E-state index contributed by atoms with van der Waals surface area (Å²) in [6, 6.07) is 56.1. The predicted octanol–water partition coefficient (Wildman–Crippen LogP) is 11.6. The average Bonchev–Trinajstić information content (AvgIpc) is 3.92. The van der Waals surface area contributed by atoms with Gasteiger partial charge in [0, 0.05) is 33.4 Å².